The van der Waals surface area contributed by atoms with Crippen LogP contribution in [0.25, 0.3) is 0 Å². The Morgan fingerprint density at radius 2 is 2.10 bits per heavy atom. The Labute approximate surface area is 168 Å². The van der Waals surface area contributed by atoms with Crippen molar-refractivity contribution in [2.24, 2.45) is 5.92 Å². The SMILES string of the molecule is O=C(Nc1ccccn1)[C@@H]1CCCN(c2cc(Cl)c(C(F)(F)F)cc2[N+](=O)[O-])C1. The summed E-state index contributed by atoms with van der Waals surface area (Å²) >= 11 is 5.76. The molecule has 0 saturated carbocycles. The maximum Gasteiger partial charge on any atom is 0.418 e. The monoisotopic (exact) mass is 428 g/mol. The van der Waals surface area contributed by atoms with Crippen molar-refractivity contribution >= 4 is 34.7 Å². The van der Waals surface area contributed by atoms with Gasteiger partial charge in [-0.3, -0.25) is 14.9 Å². The van der Waals surface area contributed by atoms with Crippen LogP contribution in [0.3, 0.4) is 0 Å². The normalized spacial score (nSPS) is 17.1. The Balaban J connectivity index is 1.85. The first-order chi connectivity index (χ1) is 13.7. The van der Waals surface area contributed by atoms with E-state index < -0.39 is 33.3 Å². The number of nitrogens with one attached hydrogen (secondary N) is 1. The molecule has 2 heterocycles. The van der Waals surface area contributed by atoms with Gasteiger partial charge in [0.15, 0.2) is 0 Å². The lowest BCUT2D eigenvalue weighted by Gasteiger charge is -2.33. The highest BCUT2D eigenvalue weighted by atomic mass is 35.5. The molecule has 1 N–H and O–H groups in total. The van der Waals surface area contributed by atoms with Crippen LogP contribution < -0.4 is 10.2 Å². The number of aromatic nitrogens is 1. The molecule has 0 radical (unpaired) electrons. The molecule has 1 atom stereocenters. The Kier molecular flexibility index (Phi) is 5.92. The van der Waals surface area contributed by atoms with Crippen LogP contribution >= 0.6 is 11.6 Å². The fourth-order valence-electron chi connectivity index (χ4n) is 3.24. The molecule has 7 nitrogen and oxygen atoms in total. The lowest BCUT2D eigenvalue weighted by molar-refractivity contribution is -0.384. The zero-order chi connectivity index (χ0) is 21.2. The first-order valence-electron chi connectivity index (χ1n) is 8.69. The third kappa shape index (κ3) is 4.76. The van der Waals surface area contributed by atoms with Crippen molar-refractivity contribution in [3.8, 4) is 0 Å². The molecule has 1 fully saturated rings. The minimum atomic E-state index is -4.81. The first kappa shape index (κ1) is 20.8. The summed E-state index contributed by atoms with van der Waals surface area (Å²) in [4.78, 5) is 28.6. The van der Waals surface area contributed by atoms with Crippen molar-refractivity contribution in [1.82, 2.24) is 4.98 Å². The minimum Gasteiger partial charge on any atom is -0.365 e. The molecule has 11 heteroatoms. The summed E-state index contributed by atoms with van der Waals surface area (Å²) in [6.45, 7) is 0.469. The van der Waals surface area contributed by atoms with Crippen LogP contribution in [0.1, 0.15) is 18.4 Å². The van der Waals surface area contributed by atoms with Gasteiger partial charge in [0.25, 0.3) is 5.69 Å². The number of hydrogen-bond acceptors (Lipinski definition) is 5. The second kappa shape index (κ2) is 8.24. The summed E-state index contributed by atoms with van der Waals surface area (Å²) in [6.07, 6.45) is -2.21. The quantitative estimate of drug-likeness (QED) is 0.571. The van der Waals surface area contributed by atoms with Gasteiger partial charge in [-0.1, -0.05) is 17.7 Å². The van der Waals surface area contributed by atoms with Gasteiger partial charge in [-0.2, -0.15) is 13.2 Å². The number of amides is 1. The van der Waals surface area contributed by atoms with Crippen molar-refractivity contribution in [2.75, 3.05) is 23.3 Å². The molecule has 0 aliphatic carbocycles. The molecule has 2 aromatic rings. The maximum atomic E-state index is 13.1. The van der Waals surface area contributed by atoms with Gasteiger partial charge in [-0.15, -0.1) is 0 Å². The Hall–Kier alpha value is -2.88. The van der Waals surface area contributed by atoms with E-state index >= 15 is 0 Å². The minimum absolute atomic E-state index is 0.0386. The predicted octanol–water partition coefficient (Wildman–Crippen LogP) is 4.52. The lowest BCUT2D eigenvalue weighted by Crippen LogP contribution is -2.41. The number of alkyl halides is 3. The average Bonchev–Trinajstić information content (AvgIpc) is 2.67. The van der Waals surface area contributed by atoms with Crippen molar-refractivity contribution in [1.29, 1.82) is 0 Å². The van der Waals surface area contributed by atoms with E-state index in [1.165, 1.54) is 11.1 Å². The van der Waals surface area contributed by atoms with Gasteiger partial charge in [0, 0.05) is 25.4 Å². The number of rotatable bonds is 4. The van der Waals surface area contributed by atoms with Crippen molar-refractivity contribution in [2.45, 2.75) is 19.0 Å². The number of hydrogen-bond donors (Lipinski definition) is 1. The molecule has 0 unspecified atom stereocenters. The third-order valence-corrected chi connectivity index (χ3v) is 4.93. The number of carbonyl (C=O) groups is 1. The molecule has 1 amide bonds. The van der Waals surface area contributed by atoms with E-state index in [1.54, 1.807) is 18.2 Å². The molecule has 154 valence electrons. The van der Waals surface area contributed by atoms with Crippen molar-refractivity contribution in [3.63, 3.8) is 0 Å². The van der Waals surface area contributed by atoms with Gasteiger partial charge in [0.2, 0.25) is 5.91 Å². The standard InChI is InChI=1S/C18H16ClF3N4O3/c19-13-9-14(15(26(28)29)8-12(13)18(20,21)22)25-7-3-4-11(10-25)17(27)24-16-5-1-2-6-23-16/h1-2,5-6,8-9,11H,3-4,7,10H2,(H,23,24,27)/t11-/m1/s1. The highest BCUT2D eigenvalue weighted by Crippen LogP contribution is 2.42. The van der Waals surface area contributed by atoms with E-state index in [0.717, 1.165) is 6.07 Å². The molecule has 0 spiro atoms. The number of nitro groups is 1. The Morgan fingerprint density at radius 3 is 2.72 bits per heavy atom. The van der Waals surface area contributed by atoms with Crippen LogP contribution in [0.2, 0.25) is 5.02 Å². The summed E-state index contributed by atoms with van der Waals surface area (Å²) in [5.74, 6) is -0.446. The van der Waals surface area contributed by atoms with Crippen molar-refractivity contribution in [3.05, 3.63) is 57.2 Å². The van der Waals surface area contributed by atoms with E-state index in [1.807, 2.05) is 0 Å². The number of piperidine rings is 1. The first-order valence-corrected chi connectivity index (χ1v) is 9.06. The summed E-state index contributed by atoms with van der Waals surface area (Å²) < 4.78 is 39.2. The van der Waals surface area contributed by atoms with Crippen LogP contribution in [0.15, 0.2) is 36.5 Å². The zero-order valence-electron chi connectivity index (χ0n) is 14.9. The highest BCUT2D eigenvalue weighted by Gasteiger charge is 2.37. The van der Waals surface area contributed by atoms with E-state index in [9.17, 15) is 28.1 Å². The molecule has 1 saturated heterocycles. The number of benzene rings is 1. The molecule has 1 aromatic carbocycles. The summed E-state index contributed by atoms with van der Waals surface area (Å²) in [5, 5.41) is 13.4. The van der Waals surface area contributed by atoms with E-state index in [0.29, 0.717) is 31.3 Å². The van der Waals surface area contributed by atoms with Crippen LogP contribution in [0.4, 0.5) is 30.4 Å². The number of nitro benzene ring substituents is 1. The van der Waals surface area contributed by atoms with E-state index in [-0.39, 0.29) is 18.1 Å². The Bertz CT molecular complexity index is 925. The van der Waals surface area contributed by atoms with Gasteiger partial charge in [0.1, 0.15) is 11.5 Å². The van der Waals surface area contributed by atoms with Gasteiger partial charge in [-0.05, 0) is 31.0 Å². The van der Waals surface area contributed by atoms with E-state index in [2.05, 4.69) is 10.3 Å². The third-order valence-electron chi connectivity index (χ3n) is 4.62. The summed E-state index contributed by atoms with van der Waals surface area (Å²) in [6, 6.07) is 6.42. The van der Waals surface area contributed by atoms with Crippen LogP contribution in [-0.4, -0.2) is 28.9 Å². The molecular weight excluding hydrogens is 413 g/mol. The predicted molar refractivity (Wildman–Crippen MR) is 101 cm³/mol. The number of nitrogens with zero attached hydrogens (tertiary/aromatic N) is 3. The number of carbonyl (C=O) groups excluding carboxylic acids is 1. The smallest absolute Gasteiger partial charge is 0.365 e. The molecule has 29 heavy (non-hydrogen) atoms. The number of halogens is 4. The van der Waals surface area contributed by atoms with Crippen LogP contribution in [0, 0.1) is 16.0 Å². The molecule has 1 aliphatic rings. The second-order valence-electron chi connectivity index (χ2n) is 6.57. The summed E-state index contributed by atoms with van der Waals surface area (Å²) in [7, 11) is 0. The zero-order valence-corrected chi connectivity index (χ0v) is 15.7. The number of pyridine rings is 1. The Morgan fingerprint density at radius 1 is 1.34 bits per heavy atom. The molecule has 0 bridgehead atoms. The molecule has 1 aromatic heterocycles. The van der Waals surface area contributed by atoms with Gasteiger partial charge >= 0.3 is 6.18 Å². The topological polar surface area (TPSA) is 88.4 Å². The van der Waals surface area contributed by atoms with E-state index in [4.69, 9.17) is 11.6 Å². The van der Waals surface area contributed by atoms with Gasteiger partial charge < -0.3 is 10.2 Å². The van der Waals surface area contributed by atoms with Gasteiger partial charge in [-0.25, -0.2) is 4.98 Å². The molecule has 3 rings (SSSR count). The van der Waals surface area contributed by atoms with Crippen LogP contribution in [-0.2, 0) is 11.0 Å². The largest absolute Gasteiger partial charge is 0.418 e. The molecular formula is C18H16ClF3N4O3. The summed E-state index contributed by atoms with van der Waals surface area (Å²) in [5.41, 5.74) is -2.01. The average molecular weight is 429 g/mol. The number of anilines is 2. The maximum absolute atomic E-state index is 13.1. The second-order valence-corrected chi connectivity index (χ2v) is 6.97. The van der Waals surface area contributed by atoms with Crippen molar-refractivity contribution < 1.29 is 22.9 Å². The highest BCUT2D eigenvalue weighted by molar-refractivity contribution is 6.31. The fourth-order valence-corrected chi connectivity index (χ4v) is 3.51. The van der Waals surface area contributed by atoms with Gasteiger partial charge in [0.05, 0.1) is 21.4 Å². The fraction of sp³-hybridized carbons (Fsp3) is 0.333. The molecule has 1 aliphatic heterocycles. The lowest BCUT2D eigenvalue weighted by atomic mass is 9.96. The van der Waals surface area contributed by atoms with Crippen LogP contribution in [0.5, 0.6) is 0 Å².